The van der Waals surface area contributed by atoms with Gasteiger partial charge >= 0.3 is 6.09 Å². The Morgan fingerprint density at radius 1 is 1.47 bits per heavy atom. The van der Waals surface area contributed by atoms with Crippen molar-refractivity contribution in [2.45, 2.75) is 19.3 Å². The fraction of sp³-hybridized carbons (Fsp3) is 0.364. The smallest absolute Gasteiger partial charge is 0.408 e. The molecule has 0 fully saturated rings. The maximum absolute atomic E-state index is 11.4. The van der Waals surface area contributed by atoms with Gasteiger partial charge in [0.1, 0.15) is 6.61 Å². The topological polar surface area (TPSA) is 67.8 Å². The molecule has 1 aromatic carbocycles. The molecule has 0 aliphatic heterocycles. The molecule has 0 heterocycles. The van der Waals surface area contributed by atoms with E-state index >= 15 is 0 Å². The Kier molecular flexibility index (Phi) is 5.91. The molecule has 0 aliphatic carbocycles. The molecule has 5 nitrogen and oxygen atoms in total. The number of nitrogens with one attached hydrogen (secondary N) is 1. The number of carbonyl (C=O) groups is 1. The number of carbonyl (C=O) groups excluding carboxylic acids is 1. The molecule has 2 atom stereocenters. The SMILES string of the molecule is COP(O)C(C)NC(=O)OCc1ccccc1. The predicted octanol–water partition coefficient (Wildman–Crippen LogP) is 2.21. The summed E-state index contributed by atoms with van der Waals surface area (Å²) in [5, 5.41) is 2.49. The van der Waals surface area contributed by atoms with Gasteiger partial charge < -0.3 is 19.5 Å². The third-order valence-electron chi connectivity index (χ3n) is 2.06. The van der Waals surface area contributed by atoms with E-state index in [0.29, 0.717) is 0 Å². The standard InChI is InChI=1S/C11H16NO4P/c1-9(17(14)15-2)12-11(13)16-8-10-6-4-3-5-7-10/h3-7,9,14H,8H2,1-2H3,(H,12,13). The summed E-state index contributed by atoms with van der Waals surface area (Å²) in [6.07, 6.45) is -0.569. The van der Waals surface area contributed by atoms with Crippen LogP contribution in [-0.4, -0.2) is 23.9 Å². The van der Waals surface area contributed by atoms with Crippen LogP contribution in [0.15, 0.2) is 30.3 Å². The first kappa shape index (κ1) is 13.9. The van der Waals surface area contributed by atoms with Gasteiger partial charge in [0.05, 0.1) is 5.78 Å². The maximum atomic E-state index is 11.4. The molecule has 1 amide bonds. The Balaban J connectivity index is 2.31. The second-order valence-corrected chi connectivity index (χ2v) is 5.11. The van der Waals surface area contributed by atoms with Gasteiger partial charge in [-0.25, -0.2) is 4.79 Å². The van der Waals surface area contributed by atoms with Gasteiger partial charge in [-0.1, -0.05) is 30.3 Å². The van der Waals surface area contributed by atoms with Gasteiger partial charge in [-0.2, -0.15) is 0 Å². The summed E-state index contributed by atoms with van der Waals surface area (Å²) in [6, 6.07) is 9.37. The van der Waals surface area contributed by atoms with E-state index in [1.807, 2.05) is 30.3 Å². The molecule has 2 unspecified atom stereocenters. The Morgan fingerprint density at radius 2 is 2.12 bits per heavy atom. The molecule has 0 radical (unpaired) electrons. The number of amides is 1. The van der Waals surface area contributed by atoms with Crippen LogP contribution in [0.1, 0.15) is 12.5 Å². The van der Waals surface area contributed by atoms with Crippen molar-refractivity contribution < 1.29 is 18.9 Å². The van der Waals surface area contributed by atoms with Gasteiger partial charge in [-0.15, -0.1) is 0 Å². The average molecular weight is 257 g/mol. The van der Waals surface area contributed by atoms with Crippen LogP contribution < -0.4 is 5.32 Å². The first-order valence-electron chi connectivity index (χ1n) is 5.13. The van der Waals surface area contributed by atoms with Crippen LogP contribution in [-0.2, 0) is 15.9 Å². The number of benzene rings is 1. The number of hydrogen-bond acceptors (Lipinski definition) is 4. The van der Waals surface area contributed by atoms with Crippen molar-refractivity contribution in [3.05, 3.63) is 35.9 Å². The number of rotatable bonds is 5. The van der Waals surface area contributed by atoms with Gasteiger partial charge in [0.2, 0.25) is 0 Å². The van der Waals surface area contributed by atoms with Gasteiger partial charge in [-0.05, 0) is 12.5 Å². The van der Waals surface area contributed by atoms with Gasteiger partial charge in [0.25, 0.3) is 0 Å². The van der Waals surface area contributed by atoms with Crippen LogP contribution >= 0.6 is 8.38 Å². The third kappa shape index (κ3) is 5.13. The van der Waals surface area contributed by atoms with Crippen LogP contribution in [0, 0.1) is 0 Å². The molecule has 0 aliphatic rings. The second-order valence-electron chi connectivity index (χ2n) is 3.37. The van der Waals surface area contributed by atoms with Crippen LogP contribution in [0.25, 0.3) is 0 Å². The summed E-state index contributed by atoms with van der Waals surface area (Å²) in [4.78, 5) is 20.7. The van der Waals surface area contributed by atoms with E-state index in [1.165, 1.54) is 7.11 Å². The van der Waals surface area contributed by atoms with E-state index in [2.05, 4.69) is 5.32 Å². The van der Waals surface area contributed by atoms with Gasteiger partial charge in [-0.3, -0.25) is 0 Å². The van der Waals surface area contributed by atoms with E-state index in [1.54, 1.807) is 6.92 Å². The van der Waals surface area contributed by atoms with Crippen molar-refractivity contribution in [1.29, 1.82) is 0 Å². The minimum absolute atomic E-state index is 0.204. The van der Waals surface area contributed by atoms with Crippen LogP contribution in [0.3, 0.4) is 0 Å². The Labute approximate surface area is 102 Å². The zero-order valence-corrected chi connectivity index (χ0v) is 10.7. The molecule has 0 saturated heterocycles. The highest BCUT2D eigenvalue weighted by Gasteiger charge is 2.17. The molecule has 2 N–H and O–H groups in total. The van der Waals surface area contributed by atoms with E-state index in [9.17, 15) is 9.69 Å². The average Bonchev–Trinajstić information content (AvgIpc) is 2.36. The molecule has 0 aromatic heterocycles. The lowest BCUT2D eigenvalue weighted by atomic mass is 10.2. The van der Waals surface area contributed by atoms with E-state index in [-0.39, 0.29) is 6.61 Å². The molecule has 0 spiro atoms. The molecule has 1 rings (SSSR count). The molecule has 1 aromatic rings. The number of hydrogen-bond donors (Lipinski definition) is 2. The fourth-order valence-electron chi connectivity index (χ4n) is 1.15. The van der Waals surface area contributed by atoms with Crippen LogP contribution in [0.2, 0.25) is 0 Å². The van der Waals surface area contributed by atoms with Crippen molar-refractivity contribution in [2.24, 2.45) is 0 Å². The normalized spacial score (nSPS) is 13.8. The summed E-state index contributed by atoms with van der Waals surface area (Å²) >= 11 is 0. The molecule has 6 heteroatoms. The molecule has 0 saturated carbocycles. The first-order chi connectivity index (χ1) is 8.13. The summed E-state index contributed by atoms with van der Waals surface area (Å²) in [5.74, 6) is -0.460. The molecule has 94 valence electrons. The molecule has 0 bridgehead atoms. The lowest BCUT2D eigenvalue weighted by Gasteiger charge is -2.17. The zero-order chi connectivity index (χ0) is 12.7. The molecule has 17 heavy (non-hydrogen) atoms. The lowest BCUT2D eigenvalue weighted by molar-refractivity contribution is 0.138. The second kappa shape index (κ2) is 7.22. The summed E-state index contributed by atoms with van der Waals surface area (Å²) in [5.41, 5.74) is 0.910. The van der Waals surface area contributed by atoms with Crippen molar-refractivity contribution in [3.63, 3.8) is 0 Å². The van der Waals surface area contributed by atoms with Crippen molar-refractivity contribution in [2.75, 3.05) is 7.11 Å². The molecular weight excluding hydrogens is 241 g/mol. The largest absolute Gasteiger partial charge is 0.445 e. The van der Waals surface area contributed by atoms with Crippen molar-refractivity contribution in [3.8, 4) is 0 Å². The Bertz CT molecular complexity index is 347. The summed E-state index contributed by atoms with van der Waals surface area (Å²) in [6.45, 7) is 1.86. The third-order valence-corrected chi connectivity index (χ3v) is 3.22. The number of alkyl carbamates (subject to hydrolysis) is 1. The lowest BCUT2D eigenvalue weighted by Crippen LogP contribution is -2.31. The van der Waals surface area contributed by atoms with E-state index in [0.717, 1.165) is 5.56 Å². The number of ether oxygens (including phenoxy) is 1. The highest BCUT2D eigenvalue weighted by molar-refractivity contribution is 7.46. The van der Waals surface area contributed by atoms with E-state index < -0.39 is 20.3 Å². The van der Waals surface area contributed by atoms with Crippen LogP contribution in [0.5, 0.6) is 0 Å². The minimum atomic E-state index is -1.65. The molecular formula is C11H16NO4P. The highest BCUT2D eigenvalue weighted by atomic mass is 31.2. The minimum Gasteiger partial charge on any atom is -0.445 e. The fourth-order valence-corrected chi connectivity index (χ4v) is 1.68. The van der Waals surface area contributed by atoms with Crippen LogP contribution in [0.4, 0.5) is 4.79 Å². The van der Waals surface area contributed by atoms with Gasteiger partial charge in [0.15, 0.2) is 8.38 Å². The highest BCUT2D eigenvalue weighted by Crippen LogP contribution is 2.34. The Morgan fingerprint density at radius 3 is 2.71 bits per heavy atom. The monoisotopic (exact) mass is 257 g/mol. The van der Waals surface area contributed by atoms with Crippen molar-refractivity contribution in [1.82, 2.24) is 5.32 Å². The zero-order valence-electron chi connectivity index (χ0n) is 9.79. The summed E-state index contributed by atoms with van der Waals surface area (Å²) in [7, 11) is -0.261. The summed E-state index contributed by atoms with van der Waals surface area (Å²) < 4.78 is 9.71. The van der Waals surface area contributed by atoms with Gasteiger partial charge in [0, 0.05) is 7.11 Å². The quantitative estimate of drug-likeness (QED) is 0.793. The Hall–Kier alpha value is -1.16. The first-order valence-corrected chi connectivity index (χ1v) is 6.41. The maximum Gasteiger partial charge on any atom is 0.408 e. The van der Waals surface area contributed by atoms with E-state index in [4.69, 9.17) is 9.26 Å². The van der Waals surface area contributed by atoms with Crippen molar-refractivity contribution >= 4 is 14.5 Å². The predicted molar refractivity (Wildman–Crippen MR) is 65.4 cm³/mol.